The SMILES string of the molecule is C[C@@H]1C[C@H](CS(C)(=O)=O)C[C@@H]1C. The molecule has 0 unspecified atom stereocenters. The lowest BCUT2D eigenvalue weighted by Gasteiger charge is -2.06. The van der Waals surface area contributed by atoms with Crippen molar-refractivity contribution in [1.29, 1.82) is 0 Å². The minimum Gasteiger partial charge on any atom is -0.229 e. The van der Waals surface area contributed by atoms with Crippen molar-refractivity contribution in [3.8, 4) is 0 Å². The Hall–Kier alpha value is -0.0500. The highest BCUT2D eigenvalue weighted by Gasteiger charge is 2.29. The van der Waals surface area contributed by atoms with Gasteiger partial charge in [-0.1, -0.05) is 13.8 Å². The second kappa shape index (κ2) is 3.36. The predicted octanol–water partition coefficient (Wildman–Crippen LogP) is 1.71. The Morgan fingerprint density at radius 2 is 1.58 bits per heavy atom. The van der Waals surface area contributed by atoms with Crippen LogP contribution < -0.4 is 0 Å². The molecular formula is C9H18O2S. The molecule has 2 nitrogen and oxygen atoms in total. The van der Waals surface area contributed by atoms with Crippen LogP contribution >= 0.6 is 0 Å². The third kappa shape index (κ3) is 2.77. The molecule has 0 aromatic carbocycles. The summed E-state index contributed by atoms with van der Waals surface area (Å²) in [5, 5.41) is 0. The van der Waals surface area contributed by atoms with Gasteiger partial charge in [-0.25, -0.2) is 8.42 Å². The lowest BCUT2D eigenvalue weighted by atomic mass is 10.0. The van der Waals surface area contributed by atoms with Gasteiger partial charge in [0.15, 0.2) is 0 Å². The van der Waals surface area contributed by atoms with Gasteiger partial charge in [0.2, 0.25) is 0 Å². The minimum absolute atomic E-state index is 0.391. The highest BCUT2D eigenvalue weighted by molar-refractivity contribution is 7.90. The first-order valence-electron chi connectivity index (χ1n) is 4.56. The Bertz CT molecular complexity index is 233. The van der Waals surface area contributed by atoms with E-state index >= 15 is 0 Å². The van der Waals surface area contributed by atoms with Crippen molar-refractivity contribution in [2.45, 2.75) is 26.7 Å². The zero-order chi connectivity index (χ0) is 9.35. The van der Waals surface area contributed by atoms with Crippen molar-refractivity contribution < 1.29 is 8.42 Å². The van der Waals surface area contributed by atoms with Crippen LogP contribution in [-0.2, 0) is 9.84 Å². The molecule has 1 saturated carbocycles. The van der Waals surface area contributed by atoms with Gasteiger partial charge in [0.1, 0.15) is 9.84 Å². The first-order valence-corrected chi connectivity index (χ1v) is 6.62. The fraction of sp³-hybridized carbons (Fsp3) is 1.00. The lowest BCUT2D eigenvalue weighted by Crippen LogP contribution is -2.12. The zero-order valence-corrected chi connectivity index (χ0v) is 8.89. The average Bonchev–Trinajstić information content (AvgIpc) is 2.07. The number of rotatable bonds is 2. The molecule has 0 heterocycles. The van der Waals surface area contributed by atoms with Crippen LogP contribution in [0.3, 0.4) is 0 Å². The van der Waals surface area contributed by atoms with Crippen molar-refractivity contribution in [3.63, 3.8) is 0 Å². The normalized spacial score (nSPS) is 37.1. The topological polar surface area (TPSA) is 34.1 Å². The van der Waals surface area contributed by atoms with Gasteiger partial charge in [0, 0.05) is 6.26 Å². The quantitative estimate of drug-likeness (QED) is 0.664. The molecule has 0 aliphatic heterocycles. The summed E-state index contributed by atoms with van der Waals surface area (Å²) in [7, 11) is -2.75. The molecule has 1 aliphatic carbocycles. The summed E-state index contributed by atoms with van der Waals surface area (Å²) < 4.78 is 22.0. The van der Waals surface area contributed by atoms with E-state index in [1.165, 1.54) is 6.26 Å². The van der Waals surface area contributed by atoms with Gasteiger partial charge in [0.05, 0.1) is 5.75 Å². The Balaban J connectivity index is 2.48. The van der Waals surface area contributed by atoms with E-state index < -0.39 is 9.84 Å². The maximum Gasteiger partial charge on any atom is 0.147 e. The summed E-state index contributed by atoms with van der Waals surface area (Å²) in [4.78, 5) is 0. The first-order chi connectivity index (χ1) is 5.38. The molecule has 1 fully saturated rings. The van der Waals surface area contributed by atoms with Gasteiger partial charge in [-0.3, -0.25) is 0 Å². The Morgan fingerprint density at radius 3 is 1.92 bits per heavy atom. The van der Waals surface area contributed by atoms with Crippen LogP contribution in [0.25, 0.3) is 0 Å². The highest BCUT2D eigenvalue weighted by Crippen LogP contribution is 2.36. The van der Waals surface area contributed by atoms with Gasteiger partial charge >= 0.3 is 0 Å². The van der Waals surface area contributed by atoms with E-state index in [0.29, 0.717) is 23.5 Å². The van der Waals surface area contributed by atoms with Crippen LogP contribution in [-0.4, -0.2) is 20.4 Å². The monoisotopic (exact) mass is 190 g/mol. The van der Waals surface area contributed by atoms with E-state index in [1.807, 2.05) is 0 Å². The van der Waals surface area contributed by atoms with Crippen LogP contribution in [0.4, 0.5) is 0 Å². The molecule has 0 aromatic heterocycles. The van der Waals surface area contributed by atoms with Crippen LogP contribution in [0.1, 0.15) is 26.7 Å². The molecule has 12 heavy (non-hydrogen) atoms. The van der Waals surface area contributed by atoms with E-state index in [0.717, 1.165) is 12.8 Å². The molecular weight excluding hydrogens is 172 g/mol. The largest absolute Gasteiger partial charge is 0.229 e. The third-order valence-corrected chi connectivity index (χ3v) is 4.00. The van der Waals surface area contributed by atoms with Crippen LogP contribution in [0, 0.1) is 17.8 Å². The molecule has 0 saturated heterocycles. The van der Waals surface area contributed by atoms with Crippen molar-refractivity contribution in [2.24, 2.45) is 17.8 Å². The molecule has 72 valence electrons. The van der Waals surface area contributed by atoms with Crippen LogP contribution in [0.5, 0.6) is 0 Å². The highest BCUT2D eigenvalue weighted by atomic mass is 32.2. The van der Waals surface area contributed by atoms with E-state index in [2.05, 4.69) is 13.8 Å². The van der Waals surface area contributed by atoms with Crippen molar-refractivity contribution in [2.75, 3.05) is 12.0 Å². The first kappa shape index (κ1) is 10.0. The van der Waals surface area contributed by atoms with Gasteiger partial charge in [0.25, 0.3) is 0 Å². The maximum atomic E-state index is 11.0. The summed E-state index contributed by atoms with van der Waals surface area (Å²) in [6.07, 6.45) is 3.52. The summed E-state index contributed by atoms with van der Waals surface area (Å²) in [5.41, 5.74) is 0. The fourth-order valence-corrected chi connectivity index (χ4v) is 3.31. The average molecular weight is 190 g/mol. The molecule has 0 N–H and O–H groups in total. The molecule has 0 spiro atoms. The van der Waals surface area contributed by atoms with Gasteiger partial charge in [-0.05, 0) is 30.6 Å². The summed E-state index contributed by atoms with van der Waals surface area (Å²) in [5.74, 6) is 2.22. The third-order valence-electron chi connectivity index (χ3n) is 2.92. The van der Waals surface area contributed by atoms with Gasteiger partial charge in [-0.15, -0.1) is 0 Å². The Morgan fingerprint density at radius 1 is 1.17 bits per heavy atom. The molecule has 1 aliphatic rings. The number of hydrogen-bond donors (Lipinski definition) is 0. The van der Waals surface area contributed by atoms with E-state index in [4.69, 9.17) is 0 Å². The molecule has 0 amide bonds. The predicted molar refractivity (Wildman–Crippen MR) is 50.8 cm³/mol. The summed E-state index contributed by atoms with van der Waals surface area (Å²) >= 11 is 0. The van der Waals surface area contributed by atoms with Crippen LogP contribution in [0.15, 0.2) is 0 Å². The maximum absolute atomic E-state index is 11.0. The van der Waals surface area contributed by atoms with Crippen molar-refractivity contribution in [1.82, 2.24) is 0 Å². The van der Waals surface area contributed by atoms with Gasteiger partial charge in [-0.2, -0.15) is 0 Å². The molecule has 3 atom stereocenters. The van der Waals surface area contributed by atoms with Crippen molar-refractivity contribution >= 4 is 9.84 Å². The number of hydrogen-bond acceptors (Lipinski definition) is 2. The Labute approximate surface area is 75.3 Å². The fourth-order valence-electron chi connectivity index (χ4n) is 2.18. The minimum atomic E-state index is -2.75. The standard InChI is InChI=1S/C9H18O2S/c1-7-4-9(5-8(7)2)6-12(3,10)11/h7-9H,4-6H2,1-3H3/t7-,8+,9+. The van der Waals surface area contributed by atoms with Crippen LogP contribution in [0.2, 0.25) is 0 Å². The molecule has 1 rings (SSSR count). The van der Waals surface area contributed by atoms with E-state index in [1.54, 1.807) is 0 Å². The Kier molecular flexibility index (Phi) is 2.81. The molecule has 3 heteroatoms. The smallest absolute Gasteiger partial charge is 0.147 e. The molecule has 0 radical (unpaired) electrons. The molecule has 0 bridgehead atoms. The van der Waals surface area contributed by atoms with Crippen molar-refractivity contribution in [3.05, 3.63) is 0 Å². The second-order valence-corrected chi connectivity index (χ2v) is 6.57. The summed E-state index contributed by atoms with van der Waals surface area (Å²) in [6, 6.07) is 0. The lowest BCUT2D eigenvalue weighted by molar-refractivity contribution is 0.457. The second-order valence-electron chi connectivity index (χ2n) is 4.38. The zero-order valence-electron chi connectivity index (χ0n) is 8.08. The van der Waals surface area contributed by atoms with E-state index in [9.17, 15) is 8.42 Å². The summed E-state index contributed by atoms with van der Waals surface area (Å²) in [6.45, 7) is 4.43. The number of sulfone groups is 1. The van der Waals surface area contributed by atoms with E-state index in [-0.39, 0.29) is 0 Å². The van der Waals surface area contributed by atoms with Gasteiger partial charge < -0.3 is 0 Å². The molecule has 0 aromatic rings.